The number of carbonyl (C=O) groups excluding carboxylic acids is 3. The molecule has 3 aliphatic heterocycles. The van der Waals surface area contributed by atoms with Gasteiger partial charge in [-0.25, -0.2) is 0 Å². The fourth-order valence-electron chi connectivity index (χ4n) is 6.40. The minimum Gasteiger partial charge on any atom is -0.394 e. The van der Waals surface area contributed by atoms with E-state index in [-0.39, 0.29) is 24.3 Å². The van der Waals surface area contributed by atoms with Gasteiger partial charge in [0.05, 0.1) is 30.1 Å². The highest BCUT2D eigenvalue weighted by molar-refractivity contribution is 5.99. The molecule has 2 unspecified atom stereocenters. The van der Waals surface area contributed by atoms with Crippen molar-refractivity contribution in [3.8, 4) is 0 Å². The zero-order chi connectivity index (χ0) is 25.5. The van der Waals surface area contributed by atoms with Crippen LogP contribution in [0.4, 0.5) is 0 Å². The van der Waals surface area contributed by atoms with Crippen LogP contribution in [0.5, 0.6) is 0 Å². The van der Waals surface area contributed by atoms with Crippen LogP contribution in [0.1, 0.15) is 37.8 Å². The third-order valence-electron chi connectivity index (χ3n) is 8.10. The van der Waals surface area contributed by atoms with E-state index in [4.69, 9.17) is 4.74 Å². The van der Waals surface area contributed by atoms with Gasteiger partial charge < -0.3 is 25.4 Å². The number of amides is 3. The maximum atomic E-state index is 13.9. The van der Waals surface area contributed by atoms with Crippen molar-refractivity contribution in [1.82, 2.24) is 15.5 Å². The molecular formula is C28H33N3O5. The lowest BCUT2D eigenvalue weighted by molar-refractivity contribution is -0.149. The number of nitrogens with one attached hydrogen (secondary N) is 2. The number of benzene rings is 2. The zero-order valence-corrected chi connectivity index (χ0v) is 20.6. The summed E-state index contributed by atoms with van der Waals surface area (Å²) < 4.78 is 6.57. The van der Waals surface area contributed by atoms with E-state index in [2.05, 4.69) is 10.6 Å². The summed E-state index contributed by atoms with van der Waals surface area (Å²) >= 11 is 0. The van der Waals surface area contributed by atoms with Crippen LogP contribution in [0.2, 0.25) is 0 Å². The summed E-state index contributed by atoms with van der Waals surface area (Å²) in [5, 5.41) is 15.9. The molecule has 3 aliphatic rings. The second-order valence-electron chi connectivity index (χ2n) is 10.4. The molecule has 3 fully saturated rings. The minimum absolute atomic E-state index is 0.247. The Labute approximate surface area is 211 Å². The van der Waals surface area contributed by atoms with E-state index < -0.39 is 35.1 Å². The van der Waals surface area contributed by atoms with Crippen LogP contribution < -0.4 is 10.6 Å². The number of aliphatic hydroxyl groups is 1. The predicted molar refractivity (Wildman–Crippen MR) is 132 cm³/mol. The number of likely N-dealkylation sites (tertiary alicyclic amines) is 1. The second-order valence-corrected chi connectivity index (χ2v) is 10.4. The topological polar surface area (TPSA) is 108 Å². The Kier molecular flexibility index (Phi) is 6.34. The molecule has 2 aromatic carbocycles. The van der Waals surface area contributed by atoms with E-state index in [1.54, 1.807) is 6.92 Å². The number of ether oxygens (including phenoxy) is 1. The Morgan fingerprint density at radius 2 is 1.56 bits per heavy atom. The Bertz CT molecular complexity index is 1140. The molecule has 3 amide bonds. The van der Waals surface area contributed by atoms with Crippen LogP contribution in [-0.4, -0.2) is 57.6 Å². The maximum Gasteiger partial charge on any atom is 0.246 e. The molecule has 5 rings (SSSR count). The molecule has 0 aromatic heterocycles. The van der Waals surface area contributed by atoms with Gasteiger partial charge in [-0.15, -0.1) is 0 Å². The summed E-state index contributed by atoms with van der Waals surface area (Å²) in [6.45, 7) is 3.95. The molecule has 36 heavy (non-hydrogen) atoms. The van der Waals surface area contributed by atoms with Crippen LogP contribution >= 0.6 is 0 Å². The van der Waals surface area contributed by atoms with Crippen molar-refractivity contribution in [3.05, 3.63) is 71.8 Å². The highest BCUT2D eigenvalue weighted by atomic mass is 16.5. The molecule has 1 spiro atoms. The van der Waals surface area contributed by atoms with Crippen molar-refractivity contribution in [1.29, 1.82) is 0 Å². The van der Waals surface area contributed by atoms with Crippen molar-refractivity contribution in [3.63, 3.8) is 0 Å². The number of nitrogens with zero attached hydrogens (tertiary/aromatic N) is 1. The lowest BCUT2D eigenvalue weighted by Gasteiger charge is -2.35. The normalized spacial score (nSPS) is 31.2. The molecule has 0 aliphatic carbocycles. The van der Waals surface area contributed by atoms with Gasteiger partial charge in [0.25, 0.3) is 0 Å². The number of hydrogen-bond donors (Lipinski definition) is 3. The highest BCUT2D eigenvalue weighted by Gasteiger charge is 2.78. The summed E-state index contributed by atoms with van der Waals surface area (Å²) in [6, 6.07) is 17.6. The van der Waals surface area contributed by atoms with Crippen molar-refractivity contribution in [2.45, 2.75) is 63.1 Å². The molecular weight excluding hydrogens is 458 g/mol. The smallest absolute Gasteiger partial charge is 0.246 e. The summed E-state index contributed by atoms with van der Waals surface area (Å²) in [5.41, 5.74) is -0.0488. The number of hydrogen-bond acceptors (Lipinski definition) is 5. The fraction of sp³-hybridized carbons (Fsp3) is 0.464. The average molecular weight is 492 g/mol. The molecule has 2 bridgehead atoms. The Hall–Kier alpha value is -3.23. The predicted octanol–water partition coefficient (Wildman–Crippen LogP) is 1.76. The number of carbonyl (C=O) groups is 3. The lowest BCUT2D eigenvalue weighted by atomic mass is 9.66. The van der Waals surface area contributed by atoms with Crippen LogP contribution in [0.15, 0.2) is 60.7 Å². The molecule has 0 saturated carbocycles. The van der Waals surface area contributed by atoms with Gasteiger partial charge in [0.15, 0.2) is 0 Å². The van der Waals surface area contributed by atoms with Gasteiger partial charge >= 0.3 is 0 Å². The van der Waals surface area contributed by atoms with E-state index in [1.807, 2.05) is 67.6 Å². The highest BCUT2D eigenvalue weighted by Crippen LogP contribution is 2.63. The van der Waals surface area contributed by atoms with E-state index in [9.17, 15) is 19.5 Å². The van der Waals surface area contributed by atoms with Crippen LogP contribution in [0, 0.1) is 11.8 Å². The van der Waals surface area contributed by atoms with Gasteiger partial charge in [-0.05, 0) is 37.8 Å². The zero-order valence-electron chi connectivity index (χ0n) is 20.6. The first-order valence-electron chi connectivity index (χ1n) is 12.6. The van der Waals surface area contributed by atoms with E-state index in [1.165, 1.54) is 4.90 Å². The Morgan fingerprint density at radius 1 is 1.00 bits per heavy atom. The summed E-state index contributed by atoms with van der Waals surface area (Å²) in [7, 11) is 0. The van der Waals surface area contributed by atoms with Crippen LogP contribution in [0.3, 0.4) is 0 Å². The van der Waals surface area contributed by atoms with Gasteiger partial charge in [0.1, 0.15) is 11.6 Å². The van der Waals surface area contributed by atoms with Gasteiger partial charge in [-0.2, -0.15) is 0 Å². The molecule has 2 aromatic rings. The van der Waals surface area contributed by atoms with Gasteiger partial charge in [0, 0.05) is 13.1 Å². The van der Waals surface area contributed by atoms with Crippen LogP contribution in [-0.2, 0) is 32.2 Å². The number of fused-ring (bicyclic) bond motifs is 1. The van der Waals surface area contributed by atoms with Crippen molar-refractivity contribution >= 4 is 17.7 Å². The quantitative estimate of drug-likeness (QED) is 0.522. The number of rotatable bonds is 8. The average Bonchev–Trinajstić information content (AvgIpc) is 3.47. The summed E-state index contributed by atoms with van der Waals surface area (Å²) in [4.78, 5) is 42.5. The minimum atomic E-state index is -1.11. The van der Waals surface area contributed by atoms with E-state index >= 15 is 0 Å². The first-order chi connectivity index (χ1) is 17.3. The molecule has 0 radical (unpaired) electrons. The van der Waals surface area contributed by atoms with Crippen LogP contribution in [0.25, 0.3) is 0 Å². The monoisotopic (exact) mass is 491 g/mol. The molecule has 190 valence electrons. The molecule has 8 heteroatoms. The third kappa shape index (κ3) is 3.89. The Morgan fingerprint density at radius 3 is 2.11 bits per heavy atom. The third-order valence-corrected chi connectivity index (χ3v) is 8.10. The second kappa shape index (κ2) is 9.33. The molecule has 8 nitrogen and oxygen atoms in total. The fourth-order valence-corrected chi connectivity index (χ4v) is 6.40. The summed E-state index contributed by atoms with van der Waals surface area (Å²) in [6.07, 6.45) is 1.07. The lowest BCUT2D eigenvalue weighted by Crippen LogP contribution is -2.57. The van der Waals surface area contributed by atoms with Crippen molar-refractivity contribution in [2.24, 2.45) is 11.8 Å². The largest absolute Gasteiger partial charge is 0.394 e. The maximum absolute atomic E-state index is 13.9. The van der Waals surface area contributed by atoms with Crippen molar-refractivity contribution in [2.75, 3.05) is 6.61 Å². The SMILES string of the molecule is C[C@H](CO)N1C(=O)[C@@H]2[C@H](C(=O)NCc3ccccc3)[C@]3(C)CCC2(O3)C1C(=O)NCc1ccccc1. The number of aliphatic hydroxyl groups excluding tert-OH is 1. The van der Waals surface area contributed by atoms with Gasteiger partial charge in [-0.3, -0.25) is 14.4 Å². The van der Waals surface area contributed by atoms with Crippen molar-refractivity contribution < 1.29 is 24.2 Å². The standard InChI is InChI=1S/C28H33N3O5/c1-18(17-32)31-23(25(34)30-16-20-11-7-4-8-12-20)28-14-13-27(2,36-28)21(22(28)26(31)35)24(33)29-15-19-9-5-3-6-10-19/h3-12,18,21-23,32H,13-17H2,1-2H3,(H,29,33)(H,30,34)/t18-,21-,22+,23?,27+,28?/m1/s1. The van der Waals surface area contributed by atoms with Gasteiger partial charge in [-0.1, -0.05) is 60.7 Å². The first kappa shape index (κ1) is 24.5. The van der Waals surface area contributed by atoms with E-state index in [0.29, 0.717) is 25.9 Å². The van der Waals surface area contributed by atoms with E-state index in [0.717, 1.165) is 11.1 Å². The molecule has 3 saturated heterocycles. The molecule has 6 atom stereocenters. The Balaban J connectivity index is 1.43. The molecule has 3 heterocycles. The molecule has 3 N–H and O–H groups in total. The van der Waals surface area contributed by atoms with Gasteiger partial charge in [0.2, 0.25) is 17.7 Å². The summed E-state index contributed by atoms with van der Waals surface area (Å²) in [5.74, 6) is -2.39. The first-order valence-corrected chi connectivity index (χ1v) is 12.6.